The van der Waals surface area contributed by atoms with Gasteiger partial charge in [0.1, 0.15) is 0 Å². The third-order valence-corrected chi connectivity index (χ3v) is 5.79. The number of carbonyl (C=O) groups excluding carboxylic acids is 2. The number of carbonyl (C=O) groups is 2. The number of amides is 2. The van der Waals surface area contributed by atoms with Crippen molar-refractivity contribution in [1.82, 2.24) is 15.5 Å². The van der Waals surface area contributed by atoms with Crippen LogP contribution in [0.25, 0.3) is 0 Å². The molecular weight excluding hydrogens is 350 g/mol. The number of likely N-dealkylation sites (tertiary alicyclic amines) is 1. The summed E-state index contributed by atoms with van der Waals surface area (Å²) < 4.78 is 0. The molecule has 2 aromatic rings. The van der Waals surface area contributed by atoms with E-state index in [-0.39, 0.29) is 29.8 Å². The molecule has 2 aliphatic rings. The van der Waals surface area contributed by atoms with E-state index in [1.165, 1.54) is 0 Å². The van der Waals surface area contributed by atoms with Crippen LogP contribution in [0.4, 0.5) is 0 Å². The molecule has 0 saturated carbocycles. The molecule has 2 aromatic carbocycles. The summed E-state index contributed by atoms with van der Waals surface area (Å²) in [4.78, 5) is 27.9. The van der Waals surface area contributed by atoms with Crippen molar-refractivity contribution in [3.05, 3.63) is 71.8 Å². The molecule has 0 aromatic heterocycles. The highest BCUT2D eigenvalue weighted by atomic mass is 16.2. The van der Waals surface area contributed by atoms with Gasteiger partial charge in [-0.3, -0.25) is 9.59 Å². The Balaban J connectivity index is 1.62. The molecule has 0 spiro atoms. The van der Waals surface area contributed by atoms with Crippen LogP contribution >= 0.6 is 0 Å². The molecule has 4 rings (SSSR count). The third kappa shape index (κ3) is 4.09. The summed E-state index contributed by atoms with van der Waals surface area (Å²) in [6, 6.07) is 19.9. The highest BCUT2D eigenvalue weighted by Crippen LogP contribution is 2.38. The van der Waals surface area contributed by atoms with E-state index >= 15 is 0 Å². The van der Waals surface area contributed by atoms with Crippen molar-refractivity contribution < 1.29 is 9.59 Å². The van der Waals surface area contributed by atoms with Gasteiger partial charge in [0.15, 0.2) is 0 Å². The second kappa shape index (κ2) is 8.57. The number of nitrogens with one attached hydrogen (secondary N) is 2. The maximum absolute atomic E-state index is 13.2. The number of piperidine rings is 1. The number of nitrogens with zero attached hydrogens (tertiary/aromatic N) is 1. The first kappa shape index (κ1) is 18.7. The molecule has 0 aliphatic carbocycles. The first-order valence-corrected chi connectivity index (χ1v) is 10.1. The van der Waals surface area contributed by atoms with E-state index in [0.717, 1.165) is 30.6 Å². The fourth-order valence-corrected chi connectivity index (χ4v) is 4.34. The van der Waals surface area contributed by atoms with E-state index in [0.29, 0.717) is 19.4 Å². The monoisotopic (exact) mass is 377 g/mol. The molecule has 2 aliphatic heterocycles. The molecule has 0 radical (unpaired) electrons. The van der Waals surface area contributed by atoms with Crippen molar-refractivity contribution >= 4 is 11.8 Å². The van der Waals surface area contributed by atoms with Crippen LogP contribution in [0.3, 0.4) is 0 Å². The molecule has 2 heterocycles. The quantitative estimate of drug-likeness (QED) is 0.842. The molecule has 2 amide bonds. The largest absolute Gasteiger partial charge is 0.352 e. The lowest BCUT2D eigenvalue weighted by atomic mass is 9.83. The molecule has 28 heavy (non-hydrogen) atoms. The zero-order valence-electron chi connectivity index (χ0n) is 16.0. The normalized spacial score (nSPS) is 24.9. The SMILES string of the molecule is O=C(NC1CCNC1)C1CCC(=O)N(Cc2ccccc2)C1c1ccccc1. The Morgan fingerprint density at radius 3 is 2.43 bits per heavy atom. The highest BCUT2D eigenvalue weighted by Gasteiger charge is 2.41. The summed E-state index contributed by atoms with van der Waals surface area (Å²) in [6.07, 6.45) is 1.97. The average Bonchev–Trinajstić information content (AvgIpc) is 3.24. The van der Waals surface area contributed by atoms with Crippen molar-refractivity contribution in [2.45, 2.75) is 37.9 Å². The Kier molecular flexibility index (Phi) is 5.72. The summed E-state index contributed by atoms with van der Waals surface area (Å²) in [5.41, 5.74) is 2.11. The molecule has 5 nitrogen and oxygen atoms in total. The number of rotatable bonds is 5. The van der Waals surface area contributed by atoms with E-state index in [1.54, 1.807) is 0 Å². The van der Waals surface area contributed by atoms with Gasteiger partial charge in [0.2, 0.25) is 11.8 Å². The summed E-state index contributed by atoms with van der Waals surface area (Å²) in [5, 5.41) is 6.50. The first-order valence-electron chi connectivity index (χ1n) is 10.1. The molecule has 146 valence electrons. The zero-order chi connectivity index (χ0) is 19.3. The van der Waals surface area contributed by atoms with Crippen molar-refractivity contribution in [1.29, 1.82) is 0 Å². The second-order valence-electron chi connectivity index (χ2n) is 7.71. The van der Waals surface area contributed by atoms with Crippen LogP contribution in [0.15, 0.2) is 60.7 Å². The Bertz CT molecular complexity index is 803. The van der Waals surface area contributed by atoms with Gasteiger partial charge in [-0.1, -0.05) is 60.7 Å². The first-order chi connectivity index (χ1) is 13.7. The molecular formula is C23H27N3O2. The van der Waals surface area contributed by atoms with Crippen molar-refractivity contribution in [3.8, 4) is 0 Å². The number of benzene rings is 2. The second-order valence-corrected chi connectivity index (χ2v) is 7.71. The summed E-state index contributed by atoms with van der Waals surface area (Å²) in [6.45, 7) is 2.28. The van der Waals surface area contributed by atoms with Gasteiger partial charge in [0.05, 0.1) is 12.0 Å². The van der Waals surface area contributed by atoms with E-state index < -0.39 is 0 Å². The lowest BCUT2D eigenvalue weighted by Gasteiger charge is -2.41. The maximum Gasteiger partial charge on any atom is 0.225 e. The third-order valence-electron chi connectivity index (χ3n) is 5.79. The summed E-state index contributed by atoms with van der Waals surface area (Å²) in [7, 11) is 0. The van der Waals surface area contributed by atoms with Crippen LogP contribution < -0.4 is 10.6 Å². The predicted molar refractivity (Wildman–Crippen MR) is 108 cm³/mol. The van der Waals surface area contributed by atoms with Crippen LogP contribution in [-0.2, 0) is 16.1 Å². The minimum atomic E-state index is -0.239. The van der Waals surface area contributed by atoms with Crippen LogP contribution in [-0.4, -0.2) is 35.8 Å². The van der Waals surface area contributed by atoms with Crippen molar-refractivity contribution in [2.24, 2.45) is 5.92 Å². The minimum absolute atomic E-state index is 0.0631. The summed E-state index contributed by atoms with van der Waals surface area (Å²) in [5.74, 6) is -0.0539. The molecule has 5 heteroatoms. The van der Waals surface area contributed by atoms with Crippen molar-refractivity contribution in [2.75, 3.05) is 13.1 Å². The average molecular weight is 377 g/mol. The van der Waals surface area contributed by atoms with Crippen LogP contribution in [0.2, 0.25) is 0 Å². The van der Waals surface area contributed by atoms with Gasteiger partial charge in [-0.05, 0) is 30.5 Å². The van der Waals surface area contributed by atoms with Crippen molar-refractivity contribution in [3.63, 3.8) is 0 Å². The molecule has 0 bridgehead atoms. The van der Waals surface area contributed by atoms with Crippen LogP contribution in [0, 0.1) is 5.92 Å². The smallest absolute Gasteiger partial charge is 0.225 e. The van der Waals surface area contributed by atoms with Gasteiger partial charge >= 0.3 is 0 Å². The van der Waals surface area contributed by atoms with E-state index in [1.807, 2.05) is 65.6 Å². The molecule has 2 saturated heterocycles. The van der Waals surface area contributed by atoms with Gasteiger partial charge in [-0.25, -0.2) is 0 Å². The maximum atomic E-state index is 13.2. The minimum Gasteiger partial charge on any atom is -0.352 e. The highest BCUT2D eigenvalue weighted by molar-refractivity contribution is 5.85. The van der Waals surface area contributed by atoms with E-state index in [4.69, 9.17) is 0 Å². The van der Waals surface area contributed by atoms with Gasteiger partial charge in [-0.15, -0.1) is 0 Å². The zero-order valence-corrected chi connectivity index (χ0v) is 16.0. The summed E-state index contributed by atoms with van der Waals surface area (Å²) >= 11 is 0. The Labute approximate surface area is 166 Å². The van der Waals surface area contributed by atoms with Gasteiger partial charge < -0.3 is 15.5 Å². The fourth-order valence-electron chi connectivity index (χ4n) is 4.34. The number of hydrogen-bond donors (Lipinski definition) is 2. The standard InChI is InChI=1S/C23H27N3O2/c27-21-12-11-20(23(28)25-19-13-14-24-15-19)22(18-9-5-2-6-10-18)26(21)16-17-7-3-1-4-8-17/h1-10,19-20,22,24H,11-16H2,(H,25,28). The van der Waals surface area contributed by atoms with Gasteiger partial charge in [-0.2, -0.15) is 0 Å². The van der Waals surface area contributed by atoms with Gasteiger partial charge in [0, 0.05) is 25.6 Å². The lowest BCUT2D eigenvalue weighted by molar-refractivity contribution is -0.144. The topological polar surface area (TPSA) is 61.4 Å². The molecule has 3 unspecified atom stereocenters. The van der Waals surface area contributed by atoms with Gasteiger partial charge in [0.25, 0.3) is 0 Å². The van der Waals surface area contributed by atoms with Crippen LogP contribution in [0.5, 0.6) is 0 Å². The Morgan fingerprint density at radius 2 is 1.75 bits per heavy atom. The predicted octanol–water partition coefficient (Wildman–Crippen LogP) is 2.64. The van der Waals surface area contributed by atoms with Crippen LogP contribution in [0.1, 0.15) is 36.4 Å². The molecule has 2 fully saturated rings. The lowest BCUT2D eigenvalue weighted by Crippen LogP contribution is -2.49. The molecule has 3 atom stereocenters. The van der Waals surface area contributed by atoms with E-state index in [9.17, 15) is 9.59 Å². The fraction of sp³-hybridized carbons (Fsp3) is 0.391. The Hall–Kier alpha value is -2.66. The molecule has 2 N–H and O–H groups in total. The van der Waals surface area contributed by atoms with E-state index in [2.05, 4.69) is 10.6 Å². The number of hydrogen-bond acceptors (Lipinski definition) is 3. The Morgan fingerprint density at radius 1 is 1.04 bits per heavy atom.